The minimum atomic E-state index is -0.693. The molecule has 4 heteroatoms. The lowest BCUT2D eigenvalue weighted by Gasteiger charge is -2.38. The first-order chi connectivity index (χ1) is 10.1. The van der Waals surface area contributed by atoms with Crippen LogP contribution in [0.15, 0.2) is 24.3 Å². The van der Waals surface area contributed by atoms with Crippen LogP contribution in [0, 0.1) is 0 Å². The number of benzene rings is 1. The third-order valence-electron chi connectivity index (χ3n) is 5.06. The van der Waals surface area contributed by atoms with Gasteiger partial charge in [-0.05, 0) is 43.4 Å². The maximum Gasteiger partial charge on any atom is 0.119 e. The van der Waals surface area contributed by atoms with E-state index in [0.29, 0.717) is 25.1 Å². The van der Waals surface area contributed by atoms with Crippen molar-refractivity contribution in [2.45, 2.75) is 49.9 Å². The van der Waals surface area contributed by atoms with Crippen molar-refractivity contribution in [3.63, 3.8) is 0 Å². The Kier molecular flexibility index (Phi) is 4.20. The Labute approximate surface area is 126 Å². The quantitative estimate of drug-likeness (QED) is 0.872. The molecule has 4 nitrogen and oxygen atoms in total. The van der Waals surface area contributed by atoms with Crippen molar-refractivity contribution < 1.29 is 14.6 Å². The van der Waals surface area contributed by atoms with E-state index < -0.39 is 5.60 Å². The summed E-state index contributed by atoms with van der Waals surface area (Å²) in [6.07, 6.45) is 2.91. The molecule has 1 aromatic carbocycles. The third-order valence-corrected chi connectivity index (χ3v) is 5.06. The lowest BCUT2D eigenvalue weighted by molar-refractivity contribution is -0.0295. The van der Waals surface area contributed by atoms with E-state index in [1.807, 2.05) is 13.0 Å². The summed E-state index contributed by atoms with van der Waals surface area (Å²) in [4.78, 5) is 0. The van der Waals surface area contributed by atoms with Crippen LogP contribution in [0.25, 0.3) is 0 Å². The fourth-order valence-electron chi connectivity index (χ4n) is 3.28. The fourth-order valence-corrected chi connectivity index (χ4v) is 3.28. The maximum atomic E-state index is 10.5. The maximum absolute atomic E-state index is 10.5. The van der Waals surface area contributed by atoms with E-state index in [-0.39, 0.29) is 6.10 Å². The molecule has 0 spiro atoms. The molecule has 2 aliphatic rings. The van der Waals surface area contributed by atoms with Crippen molar-refractivity contribution in [2.75, 3.05) is 20.3 Å². The zero-order valence-electron chi connectivity index (χ0n) is 12.8. The summed E-state index contributed by atoms with van der Waals surface area (Å²) in [5, 5.41) is 14.0. The third kappa shape index (κ3) is 3.07. The average Bonchev–Trinajstić information content (AvgIpc) is 2.77. The molecule has 2 unspecified atom stereocenters. The minimum absolute atomic E-state index is 0.0701. The summed E-state index contributed by atoms with van der Waals surface area (Å²) in [5.74, 6) is 1.53. The largest absolute Gasteiger partial charge is 0.497 e. The molecule has 1 aromatic rings. The highest BCUT2D eigenvalue weighted by Crippen LogP contribution is 2.38. The molecule has 0 amide bonds. The van der Waals surface area contributed by atoms with Gasteiger partial charge in [-0.15, -0.1) is 0 Å². The van der Waals surface area contributed by atoms with Crippen LogP contribution in [0.4, 0.5) is 0 Å². The van der Waals surface area contributed by atoms with Crippen LogP contribution in [0.5, 0.6) is 5.75 Å². The molecule has 0 aromatic heterocycles. The summed E-state index contributed by atoms with van der Waals surface area (Å²) in [5.41, 5.74) is 0.657. The van der Waals surface area contributed by atoms with E-state index in [1.165, 1.54) is 5.56 Å². The smallest absolute Gasteiger partial charge is 0.119 e. The van der Waals surface area contributed by atoms with Crippen LogP contribution in [-0.4, -0.2) is 43.1 Å². The van der Waals surface area contributed by atoms with Gasteiger partial charge in [0.2, 0.25) is 0 Å². The second-order valence-corrected chi connectivity index (χ2v) is 6.39. The molecule has 116 valence electrons. The molecule has 1 aliphatic carbocycles. The van der Waals surface area contributed by atoms with Gasteiger partial charge in [-0.2, -0.15) is 0 Å². The summed E-state index contributed by atoms with van der Waals surface area (Å²) in [7, 11) is 1.70. The number of methoxy groups -OCH3 is 1. The first-order valence-corrected chi connectivity index (χ1v) is 7.82. The van der Waals surface area contributed by atoms with Gasteiger partial charge in [-0.3, -0.25) is 0 Å². The molecule has 3 rings (SSSR count). The molecule has 1 saturated carbocycles. The highest BCUT2D eigenvalue weighted by molar-refractivity contribution is 5.32. The van der Waals surface area contributed by atoms with Crippen molar-refractivity contribution in [2.24, 2.45) is 0 Å². The van der Waals surface area contributed by atoms with E-state index in [4.69, 9.17) is 9.47 Å². The van der Waals surface area contributed by atoms with Gasteiger partial charge in [0, 0.05) is 25.6 Å². The van der Waals surface area contributed by atoms with E-state index >= 15 is 0 Å². The number of aliphatic hydroxyl groups is 1. The molecular formula is C17H25NO3. The molecule has 2 N–H and O–H groups in total. The number of ether oxygens (including phenoxy) is 2. The lowest BCUT2D eigenvalue weighted by atomic mass is 9.75. The summed E-state index contributed by atoms with van der Waals surface area (Å²) in [6.45, 7) is 3.24. The Hall–Kier alpha value is -1.10. The zero-order valence-corrected chi connectivity index (χ0v) is 12.8. The summed E-state index contributed by atoms with van der Waals surface area (Å²) >= 11 is 0. The summed E-state index contributed by atoms with van der Waals surface area (Å²) in [6, 6.07) is 8.83. The second-order valence-electron chi connectivity index (χ2n) is 6.39. The van der Waals surface area contributed by atoms with E-state index in [1.54, 1.807) is 7.11 Å². The zero-order chi connectivity index (χ0) is 14.9. The van der Waals surface area contributed by atoms with E-state index in [2.05, 4.69) is 23.5 Å². The second kappa shape index (κ2) is 5.95. The van der Waals surface area contributed by atoms with Crippen molar-refractivity contribution in [1.29, 1.82) is 0 Å². The van der Waals surface area contributed by atoms with E-state index in [9.17, 15) is 5.11 Å². The Morgan fingerprint density at radius 3 is 2.90 bits per heavy atom. The number of hydrogen-bond acceptors (Lipinski definition) is 4. The van der Waals surface area contributed by atoms with E-state index in [0.717, 1.165) is 25.0 Å². The van der Waals surface area contributed by atoms with Crippen LogP contribution in [0.3, 0.4) is 0 Å². The van der Waals surface area contributed by atoms with Gasteiger partial charge in [-0.25, -0.2) is 0 Å². The van der Waals surface area contributed by atoms with Crippen molar-refractivity contribution in [3.05, 3.63) is 29.8 Å². The van der Waals surface area contributed by atoms with Crippen LogP contribution in [-0.2, 0) is 4.74 Å². The predicted octanol–water partition coefficient (Wildman–Crippen LogP) is 2.07. The Morgan fingerprint density at radius 1 is 1.43 bits per heavy atom. The molecule has 2 fully saturated rings. The van der Waals surface area contributed by atoms with Crippen molar-refractivity contribution >= 4 is 0 Å². The molecule has 1 saturated heterocycles. The minimum Gasteiger partial charge on any atom is -0.497 e. The monoisotopic (exact) mass is 291 g/mol. The normalized spacial score (nSPS) is 35.5. The fraction of sp³-hybridized carbons (Fsp3) is 0.647. The van der Waals surface area contributed by atoms with Crippen LogP contribution >= 0.6 is 0 Å². The van der Waals surface area contributed by atoms with Crippen molar-refractivity contribution in [1.82, 2.24) is 5.32 Å². The van der Waals surface area contributed by atoms with Gasteiger partial charge in [-0.1, -0.05) is 12.1 Å². The number of hydrogen-bond donors (Lipinski definition) is 2. The van der Waals surface area contributed by atoms with Gasteiger partial charge in [0.25, 0.3) is 0 Å². The number of nitrogens with one attached hydrogen (secondary N) is 1. The number of rotatable bonds is 5. The van der Waals surface area contributed by atoms with Gasteiger partial charge in [0.05, 0.1) is 13.2 Å². The predicted molar refractivity (Wildman–Crippen MR) is 81.7 cm³/mol. The molecule has 21 heavy (non-hydrogen) atoms. The van der Waals surface area contributed by atoms with Gasteiger partial charge in [0.1, 0.15) is 11.4 Å². The highest BCUT2D eigenvalue weighted by atomic mass is 16.5. The molecule has 1 aliphatic heterocycles. The molecular weight excluding hydrogens is 266 g/mol. The Balaban J connectivity index is 1.47. The molecule has 0 bridgehead atoms. The van der Waals surface area contributed by atoms with Gasteiger partial charge >= 0.3 is 0 Å². The molecule has 2 atom stereocenters. The summed E-state index contributed by atoms with van der Waals surface area (Å²) < 4.78 is 10.7. The highest BCUT2D eigenvalue weighted by Gasteiger charge is 2.40. The van der Waals surface area contributed by atoms with Gasteiger partial charge in [0.15, 0.2) is 0 Å². The average molecular weight is 291 g/mol. The standard InChI is InChI=1S/C17H25NO3/c1-12-17(19,6-7-21-12)11-18-15-8-14(9-15)13-4-3-5-16(10-13)20-2/h3-5,10,12,14-15,18-19H,6-9,11H2,1-2H3. The molecule has 0 radical (unpaired) electrons. The van der Waals surface area contributed by atoms with Crippen LogP contribution in [0.2, 0.25) is 0 Å². The first-order valence-electron chi connectivity index (χ1n) is 7.82. The first kappa shape index (κ1) is 14.8. The Morgan fingerprint density at radius 2 is 2.24 bits per heavy atom. The van der Waals surface area contributed by atoms with Gasteiger partial charge < -0.3 is 19.9 Å². The lowest BCUT2D eigenvalue weighted by Crippen LogP contribution is -2.51. The Bertz CT molecular complexity index is 487. The van der Waals surface area contributed by atoms with Crippen LogP contribution in [0.1, 0.15) is 37.7 Å². The molecule has 1 heterocycles. The SMILES string of the molecule is COc1cccc(C2CC(NCC3(O)CCOC3C)C2)c1. The topological polar surface area (TPSA) is 50.7 Å². The van der Waals surface area contributed by atoms with Crippen molar-refractivity contribution in [3.8, 4) is 5.75 Å². The van der Waals surface area contributed by atoms with Crippen LogP contribution < -0.4 is 10.1 Å².